The van der Waals surface area contributed by atoms with Crippen molar-refractivity contribution in [1.29, 1.82) is 0 Å². The van der Waals surface area contributed by atoms with Gasteiger partial charge in [0, 0.05) is 30.8 Å². The molecule has 1 aromatic heterocycles. The maximum atomic E-state index is 12.2. The number of nitrogens with zero attached hydrogens (tertiary/aromatic N) is 2. The Labute approximate surface area is 153 Å². The van der Waals surface area contributed by atoms with Crippen LogP contribution in [0.4, 0.5) is 4.79 Å². The third kappa shape index (κ3) is 3.85. The lowest BCUT2D eigenvalue weighted by Gasteiger charge is -2.43. The Morgan fingerprint density at radius 2 is 2.00 bits per heavy atom. The Balaban J connectivity index is 1.63. The van der Waals surface area contributed by atoms with Gasteiger partial charge in [-0.2, -0.15) is 5.10 Å². The molecule has 0 radical (unpaired) electrons. The second-order valence-electron chi connectivity index (χ2n) is 7.87. The van der Waals surface area contributed by atoms with Gasteiger partial charge in [0.25, 0.3) is 0 Å². The number of fused-ring (bicyclic) bond motifs is 1. The molecule has 0 atom stereocenters. The number of H-pyrrole nitrogens is 1. The van der Waals surface area contributed by atoms with Crippen molar-refractivity contribution in [2.45, 2.75) is 64.8 Å². The summed E-state index contributed by atoms with van der Waals surface area (Å²) in [5, 5.41) is 7.08. The molecule has 2 aliphatic heterocycles. The summed E-state index contributed by atoms with van der Waals surface area (Å²) < 4.78 is 16.6. The molecule has 8 nitrogen and oxygen atoms in total. The second-order valence-corrected chi connectivity index (χ2v) is 7.87. The summed E-state index contributed by atoms with van der Waals surface area (Å²) in [7, 11) is 0. The largest absolute Gasteiger partial charge is 0.461 e. The highest BCUT2D eigenvalue weighted by Crippen LogP contribution is 2.36. The zero-order valence-electron chi connectivity index (χ0n) is 15.9. The van der Waals surface area contributed by atoms with E-state index in [-0.39, 0.29) is 11.7 Å². The Morgan fingerprint density at radius 1 is 1.31 bits per heavy atom. The van der Waals surface area contributed by atoms with E-state index in [4.69, 9.17) is 14.2 Å². The molecule has 0 aromatic carbocycles. The normalized spacial score (nSPS) is 19.2. The molecular weight excluding hydrogens is 338 g/mol. The average Bonchev–Trinajstić information content (AvgIpc) is 2.97. The van der Waals surface area contributed by atoms with Crippen LogP contribution in [-0.4, -0.2) is 58.1 Å². The first-order valence-electron chi connectivity index (χ1n) is 9.08. The maximum absolute atomic E-state index is 12.2. The Bertz CT molecular complexity index is 683. The van der Waals surface area contributed by atoms with E-state index in [0.717, 1.165) is 24.1 Å². The molecule has 0 saturated carbocycles. The minimum Gasteiger partial charge on any atom is -0.461 e. The molecule has 1 amide bonds. The number of carbonyl (C=O) groups is 2. The number of esters is 1. The quantitative estimate of drug-likeness (QED) is 0.809. The first-order valence-corrected chi connectivity index (χ1v) is 9.08. The van der Waals surface area contributed by atoms with Crippen LogP contribution >= 0.6 is 0 Å². The molecule has 26 heavy (non-hydrogen) atoms. The van der Waals surface area contributed by atoms with Crippen LogP contribution in [0.3, 0.4) is 0 Å². The number of carbonyl (C=O) groups excluding carboxylic acids is 2. The highest BCUT2D eigenvalue weighted by molar-refractivity contribution is 5.89. The molecule has 2 aliphatic rings. The number of aromatic nitrogens is 2. The van der Waals surface area contributed by atoms with Crippen LogP contribution in [0.15, 0.2) is 0 Å². The molecule has 0 aliphatic carbocycles. The van der Waals surface area contributed by atoms with E-state index in [0.29, 0.717) is 38.4 Å². The number of piperidine rings is 1. The fourth-order valence-corrected chi connectivity index (χ4v) is 3.41. The topological polar surface area (TPSA) is 93.7 Å². The van der Waals surface area contributed by atoms with E-state index in [1.807, 2.05) is 20.8 Å². The Morgan fingerprint density at radius 3 is 2.62 bits per heavy atom. The fourth-order valence-electron chi connectivity index (χ4n) is 3.41. The van der Waals surface area contributed by atoms with Crippen LogP contribution in [-0.2, 0) is 27.2 Å². The minimum atomic E-state index is -0.498. The molecule has 1 aromatic rings. The van der Waals surface area contributed by atoms with Gasteiger partial charge in [-0.15, -0.1) is 0 Å². The molecule has 0 unspecified atom stereocenters. The number of rotatable bonds is 2. The molecule has 3 heterocycles. The van der Waals surface area contributed by atoms with Crippen LogP contribution < -0.4 is 0 Å². The summed E-state index contributed by atoms with van der Waals surface area (Å²) >= 11 is 0. The summed E-state index contributed by atoms with van der Waals surface area (Å²) in [6.45, 7) is 9.16. The second kappa shape index (κ2) is 6.90. The van der Waals surface area contributed by atoms with Crippen molar-refractivity contribution in [2.75, 3.05) is 19.7 Å². The van der Waals surface area contributed by atoms with Crippen LogP contribution in [0, 0.1) is 0 Å². The number of ether oxygens (including phenoxy) is 3. The van der Waals surface area contributed by atoms with Crippen molar-refractivity contribution in [2.24, 2.45) is 0 Å². The monoisotopic (exact) mass is 365 g/mol. The molecular formula is C18H27N3O5. The van der Waals surface area contributed by atoms with Gasteiger partial charge in [-0.05, 0) is 40.5 Å². The van der Waals surface area contributed by atoms with E-state index in [2.05, 4.69) is 10.2 Å². The number of likely N-dealkylation sites (tertiary alicyclic amines) is 1. The lowest BCUT2D eigenvalue weighted by Crippen LogP contribution is -2.51. The maximum Gasteiger partial charge on any atom is 0.410 e. The van der Waals surface area contributed by atoms with Gasteiger partial charge in [0.2, 0.25) is 0 Å². The van der Waals surface area contributed by atoms with Crippen LogP contribution in [0.1, 0.15) is 62.3 Å². The van der Waals surface area contributed by atoms with Gasteiger partial charge in [-0.25, -0.2) is 9.59 Å². The fraction of sp³-hybridized carbons (Fsp3) is 0.722. The van der Waals surface area contributed by atoms with E-state index in [1.165, 1.54) is 0 Å². The predicted octanol–water partition coefficient (Wildman–Crippen LogP) is 2.43. The number of aromatic amines is 1. The summed E-state index contributed by atoms with van der Waals surface area (Å²) in [6, 6.07) is 0. The summed E-state index contributed by atoms with van der Waals surface area (Å²) in [5.41, 5.74) is 1.18. The van der Waals surface area contributed by atoms with Crippen LogP contribution in [0.2, 0.25) is 0 Å². The van der Waals surface area contributed by atoms with Crippen molar-refractivity contribution >= 4 is 12.1 Å². The Kier molecular flexibility index (Phi) is 4.96. The highest BCUT2D eigenvalue weighted by atomic mass is 16.6. The van der Waals surface area contributed by atoms with Crippen molar-refractivity contribution in [3.8, 4) is 0 Å². The first-order chi connectivity index (χ1) is 12.2. The zero-order chi connectivity index (χ0) is 18.9. The number of hydrogen-bond donors (Lipinski definition) is 1. The van der Waals surface area contributed by atoms with Gasteiger partial charge < -0.3 is 19.1 Å². The average molecular weight is 365 g/mol. The third-order valence-electron chi connectivity index (χ3n) is 4.77. The predicted molar refractivity (Wildman–Crippen MR) is 92.8 cm³/mol. The Hall–Kier alpha value is -2.09. The lowest BCUT2D eigenvalue weighted by atomic mass is 9.84. The number of amides is 1. The van der Waals surface area contributed by atoms with Gasteiger partial charge >= 0.3 is 12.1 Å². The third-order valence-corrected chi connectivity index (χ3v) is 4.77. The highest BCUT2D eigenvalue weighted by Gasteiger charge is 2.42. The lowest BCUT2D eigenvalue weighted by molar-refractivity contribution is -0.102. The standard InChI is InChI=1S/C18H27N3O5/c1-5-24-15(22)14-12-11-25-18(10-13(12)19-20-14)6-8-21(9-7-18)16(23)26-17(2,3)4/h5-11H2,1-4H3,(H,19,20). The number of nitrogens with one attached hydrogen (secondary N) is 1. The van der Waals surface area contributed by atoms with Gasteiger partial charge in [0.05, 0.1) is 18.8 Å². The minimum absolute atomic E-state index is 0.282. The molecule has 0 bridgehead atoms. The van der Waals surface area contributed by atoms with E-state index < -0.39 is 11.6 Å². The molecule has 1 saturated heterocycles. The van der Waals surface area contributed by atoms with E-state index in [9.17, 15) is 9.59 Å². The van der Waals surface area contributed by atoms with Crippen molar-refractivity contribution in [3.63, 3.8) is 0 Å². The summed E-state index contributed by atoms with van der Waals surface area (Å²) in [4.78, 5) is 25.9. The van der Waals surface area contributed by atoms with Crippen molar-refractivity contribution in [1.82, 2.24) is 15.1 Å². The molecule has 1 fully saturated rings. The first kappa shape index (κ1) is 18.7. The molecule has 1 spiro atoms. The van der Waals surface area contributed by atoms with Crippen LogP contribution in [0.5, 0.6) is 0 Å². The van der Waals surface area contributed by atoms with Crippen LogP contribution in [0.25, 0.3) is 0 Å². The van der Waals surface area contributed by atoms with Gasteiger partial charge in [-0.1, -0.05) is 0 Å². The van der Waals surface area contributed by atoms with Crippen molar-refractivity contribution < 1.29 is 23.8 Å². The molecule has 144 valence electrons. The van der Waals surface area contributed by atoms with Gasteiger partial charge in [-0.3, -0.25) is 5.10 Å². The number of hydrogen-bond acceptors (Lipinski definition) is 6. The molecule has 3 rings (SSSR count). The van der Waals surface area contributed by atoms with E-state index in [1.54, 1.807) is 11.8 Å². The summed E-state index contributed by atoms with van der Waals surface area (Å²) in [6.07, 6.45) is 1.81. The summed E-state index contributed by atoms with van der Waals surface area (Å²) in [5.74, 6) is -0.427. The molecule has 1 N–H and O–H groups in total. The van der Waals surface area contributed by atoms with Crippen molar-refractivity contribution in [3.05, 3.63) is 17.0 Å². The smallest absolute Gasteiger partial charge is 0.410 e. The van der Waals surface area contributed by atoms with Gasteiger partial charge in [0.15, 0.2) is 5.69 Å². The zero-order valence-corrected chi connectivity index (χ0v) is 15.9. The SMILES string of the molecule is CCOC(=O)c1n[nH]c2c1COC1(CCN(C(=O)OC(C)(C)C)CC1)C2. The van der Waals surface area contributed by atoms with E-state index >= 15 is 0 Å². The van der Waals surface area contributed by atoms with Gasteiger partial charge in [0.1, 0.15) is 5.60 Å². The molecule has 8 heteroatoms.